The van der Waals surface area contributed by atoms with Gasteiger partial charge < -0.3 is 10.5 Å². The predicted octanol–water partition coefficient (Wildman–Crippen LogP) is 3.93. The molecule has 128 valence electrons. The highest BCUT2D eigenvalue weighted by molar-refractivity contribution is 7.93. The summed E-state index contributed by atoms with van der Waals surface area (Å²) in [5.41, 5.74) is 5.93. The maximum absolute atomic E-state index is 12.9. The van der Waals surface area contributed by atoms with Crippen LogP contribution in [0.4, 0.5) is 0 Å². The normalized spacial score (nSPS) is 28.4. The zero-order valence-electron chi connectivity index (χ0n) is 13.7. The molecule has 0 bridgehead atoms. The molecule has 4 nitrogen and oxygen atoms in total. The summed E-state index contributed by atoms with van der Waals surface area (Å²) in [4.78, 5) is 0.595. The molecule has 3 N–H and O–H groups in total. The number of nitrogens with two attached hydrogens (primary N) is 1. The molecule has 2 fully saturated rings. The first-order chi connectivity index (χ1) is 11.1. The lowest BCUT2D eigenvalue weighted by atomic mass is 9.90. The van der Waals surface area contributed by atoms with Gasteiger partial charge in [0.25, 0.3) is 0 Å². The van der Waals surface area contributed by atoms with Gasteiger partial charge in [0, 0.05) is 11.3 Å². The highest BCUT2D eigenvalue weighted by Crippen LogP contribution is 2.31. The SMILES string of the molecule is N=S(=O)(c1cccc(OCC2CCCCC2)c1)C1CCC(N)C1. The third-order valence-electron chi connectivity index (χ3n) is 5.26. The zero-order valence-corrected chi connectivity index (χ0v) is 14.5. The molecular formula is C18H28N2O2S. The van der Waals surface area contributed by atoms with Crippen molar-refractivity contribution in [1.82, 2.24) is 0 Å². The second kappa shape index (κ2) is 7.22. The zero-order chi connectivity index (χ0) is 16.3. The van der Waals surface area contributed by atoms with E-state index in [4.69, 9.17) is 15.3 Å². The number of hydrogen-bond acceptors (Lipinski definition) is 4. The molecule has 0 aromatic heterocycles. The minimum absolute atomic E-state index is 0.0944. The molecule has 0 amide bonds. The van der Waals surface area contributed by atoms with Gasteiger partial charge in [-0.25, -0.2) is 8.99 Å². The maximum atomic E-state index is 12.9. The Morgan fingerprint density at radius 2 is 1.96 bits per heavy atom. The van der Waals surface area contributed by atoms with E-state index in [9.17, 15) is 4.21 Å². The van der Waals surface area contributed by atoms with Crippen molar-refractivity contribution < 1.29 is 8.95 Å². The van der Waals surface area contributed by atoms with Crippen molar-refractivity contribution in [1.29, 1.82) is 4.78 Å². The van der Waals surface area contributed by atoms with Crippen molar-refractivity contribution >= 4 is 9.73 Å². The van der Waals surface area contributed by atoms with Gasteiger partial charge in [-0.15, -0.1) is 0 Å². The molecule has 3 atom stereocenters. The molecular weight excluding hydrogens is 308 g/mol. The van der Waals surface area contributed by atoms with Crippen LogP contribution in [0.15, 0.2) is 29.2 Å². The van der Waals surface area contributed by atoms with Crippen LogP contribution in [0.1, 0.15) is 51.4 Å². The van der Waals surface area contributed by atoms with E-state index in [1.54, 1.807) is 6.07 Å². The fourth-order valence-electron chi connectivity index (χ4n) is 3.79. The van der Waals surface area contributed by atoms with E-state index in [1.165, 1.54) is 32.1 Å². The number of ether oxygens (including phenoxy) is 1. The summed E-state index contributed by atoms with van der Waals surface area (Å²) in [5, 5.41) is -0.119. The van der Waals surface area contributed by atoms with E-state index >= 15 is 0 Å². The molecule has 0 heterocycles. The molecule has 0 spiro atoms. The number of nitrogens with one attached hydrogen (secondary N) is 1. The molecule has 3 rings (SSSR count). The highest BCUT2D eigenvalue weighted by Gasteiger charge is 2.31. The molecule has 0 saturated heterocycles. The summed E-state index contributed by atoms with van der Waals surface area (Å²) in [7, 11) is -2.80. The van der Waals surface area contributed by atoms with E-state index in [2.05, 4.69) is 0 Å². The summed E-state index contributed by atoms with van der Waals surface area (Å²) >= 11 is 0. The lowest BCUT2D eigenvalue weighted by molar-refractivity contribution is 0.208. The van der Waals surface area contributed by atoms with Crippen molar-refractivity contribution in [3.05, 3.63) is 24.3 Å². The predicted molar refractivity (Wildman–Crippen MR) is 93.3 cm³/mol. The van der Waals surface area contributed by atoms with E-state index in [-0.39, 0.29) is 11.3 Å². The Balaban J connectivity index is 1.66. The van der Waals surface area contributed by atoms with Crippen LogP contribution in [0.25, 0.3) is 0 Å². The molecule has 0 aliphatic heterocycles. The van der Waals surface area contributed by atoms with Crippen molar-refractivity contribution in [3.8, 4) is 5.75 Å². The van der Waals surface area contributed by atoms with Crippen molar-refractivity contribution in [2.45, 2.75) is 67.6 Å². The standard InChI is InChI=1S/C18H28N2O2S/c19-15-9-10-18(11-15)23(20,21)17-8-4-7-16(12-17)22-13-14-5-2-1-3-6-14/h4,7-8,12,14-15,18,20H,1-3,5-6,9-11,13,19H2. The summed E-state index contributed by atoms with van der Waals surface area (Å²) in [6, 6.07) is 7.46. The van der Waals surface area contributed by atoms with E-state index in [0.717, 1.165) is 25.2 Å². The van der Waals surface area contributed by atoms with Gasteiger partial charge in [0.05, 0.1) is 21.2 Å². The first-order valence-corrected chi connectivity index (χ1v) is 10.4. The Labute approximate surface area is 139 Å². The molecule has 1 aromatic rings. The molecule has 2 saturated carbocycles. The van der Waals surface area contributed by atoms with E-state index in [1.807, 2.05) is 18.2 Å². The highest BCUT2D eigenvalue weighted by atomic mass is 32.2. The lowest BCUT2D eigenvalue weighted by Crippen LogP contribution is -2.21. The number of rotatable bonds is 5. The minimum Gasteiger partial charge on any atom is -0.493 e. The van der Waals surface area contributed by atoms with Crippen LogP contribution < -0.4 is 10.5 Å². The van der Waals surface area contributed by atoms with Crippen LogP contribution in [0.2, 0.25) is 0 Å². The van der Waals surface area contributed by atoms with Crippen molar-refractivity contribution in [2.24, 2.45) is 11.7 Å². The molecule has 2 aliphatic rings. The quantitative estimate of drug-likeness (QED) is 0.855. The number of hydrogen-bond donors (Lipinski definition) is 2. The molecule has 23 heavy (non-hydrogen) atoms. The van der Waals surface area contributed by atoms with Gasteiger partial charge in [0.1, 0.15) is 5.75 Å². The van der Waals surface area contributed by atoms with Gasteiger partial charge in [0.15, 0.2) is 0 Å². The minimum atomic E-state index is -2.80. The summed E-state index contributed by atoms with van der Waals surface area (Å²) in [6.45, 7) is 0.733. The van der Waals surface area contributed by atoms with Crippen LogP contribution >= 0.6 is 0 Å². The first kappa shape index (κ1) is 16.8. The Kier molecular flexibility index (Phi) is 5.27. The Morgan fingerprint density at radius 1 is 1.17 bits per heavy atom. The van der Waals surface area contributed by atoms with Gasteiger partial charge in [-0.1, -0.05) is 25.3 Å². The van der Waals surface area contributed by atoms with Gasteiger partial charge in [-0.3, -0.25) is 0 Å². The average Bonchev–Trinajstić information content (AvgIpc) is 3.01. The van der Waals surface area contributed by atoms with Crippen LogP contribution in [-0.2, 0) is 9.73 Å². The lowest BCUT2D eigenvalue weighted by Gasteiger charge is -2.22. The Hall–Kier alpha value is -1.07. The fourth-order valence-corrected chi connectivity index (χ4v) is 5.73. The number of benzene rings is 1. The fraction of sp³-hybridized carbons (Fsp3) is 0.667. The molecule has 0 radical (unpaired) electrons. The average molecular weight is 337 g/mol. The molecule has 2 aliphatic carbocycles. The van der Waals surface area contributed by atoms with Crippen LogP contribution in [-0.4, -0.2) is 22.1 Å². The summed E-state index contributed by atoms with van der Waals surface area (Å²) < 4.78 is 27.3. The van der Waals surface area contributed by atoms with Crippen molar-refractivity contribution in [3.63, 3.8) is 0 Å². The molecule has 3 unspecified atom stereocenters. The monoisotopic (exact) mass is 336 g/mol. The van der Waals surface area contributed by atoms with Gasteiger partial charge in [-0.05, 0) is 56.2 Å². The van der Waals surface area contributed by atoms with E-state index < -0.39 is 9.73 Å². The third-order valence-corrected chi connectivity index (χ3v) is 7.58. The van der Waals surface area contributed by atoms with Crippen LogP contribution in [0.5, 0.6) is 5.75 Å². The smallest absolute Gasteiger partial charge is 0.120 e. The first-order valence-electron chi connectivity index (χ1n) is 8.82. The van der Waals surface area contributed by atoms with Gasteiger partial charge in [-0.2, -0.15) is 0 Å². The largest absolute Gasteiger partial charge is 0.493 e. The second-order valence-corrected chi connectivity index (χ2v) is 9.43. The summed E-state index contributed by atoms with van der Waals surface area (Å²) in [6.07, 6.45) is 8.79. The summed E-state index contributed by atoms with van der Waals surface area (Å²) in [5.74, 6) is 1.39. The topological polar surface area (TPSA) is 76.2 Å². The van der Waals surface area contributed by atoms with Gasteiger partial charge >= 0.3 is 0 Å². The van der Waals surface area contributed by atoms with Crippen molar-refractivity contribution in [2.75, 3.05) is 6.61 Å². The van der Waals surface area contributed by atoms with E-state index in [0.29, 0.717) is 17.2 Å². The van der Waals surface area contributed by atoms with Crippen LogP contribution in [0, 0.1) is 10.7 Å². The Bertz CT molecular complexity index is 624. The second-order valence-electron chi connectivity index (χ2n) is 7.09. The third kappa shape index (κ3) is 4.07. The van der Waals surface area contributed by atoms with Gasteiger partial charge in [0.2, 0.25) is 0 Å². The Morgan fingerprint density at radius 3 is 2.65 bits per heavy atom. The molecule has 1 aromatic carbocycles. The van der Waals surface area contributed by atoms with Crippen LogP contribution in [0.3, 0.4) is 0 Å². The molecule has 5 heteroatoms. The maximum Gasteiger partial charge on any atom is 0.120 e.